The van der Waals surface area contributed by atoms with Crippen LogP contribution in [0.1, 0.15) is 10.4 Å². The molecule has 25 heavy (non-hydrogen) atoms. The van der Waals surface area contributed by atoms with Crippen LogP contribution in [0.15, 0.2) is 34.8 Å². The third kappa shape index (κ3) is 3.66. The normalized spacial score (nSPS) is 10.1. The van der Waals surface area contributed by atoms with Crippen LogP contribution in [-0.4, -0.2) is 32.2 Å². The molecule has 0 atom stereocenters. The zero-order chi connectivity index (χ0) is 18.6. The molecular weight excluding hydrogens is 396 g/mol. The summed E-state index contributed by atoms with van der Waals surface area (Å²) in [5.41, 5.74) is 0.0465. The third-order valence-corrected chi connectivity index (χ3v) is 4.15. The maximum atomic E-state index is 12.6. The fourth-order valence-electron chi connectivity index (χ4n) is 2.21. The Labute approximate surface area is 152 Å². The Bertz CT molecular complexity index is 825. The number of methoxy groups -OCH3 is 3. The van der Waals surface area contributed by atoms with Gasteiger partial charge in [0.15, 0.2) is 11.5 Å². The number of ether oxygens (including phenoxy) is 3. The van der Waals surface area contributed by atoms with Gasteiger partial charge in [0, 0.05) is 6.07 Å². The van der Waals surface area contributed by atoms with Crippen LogP contribution in [0.5, 0.6) is 17.2 Å². The molecule has 0 aliphatic carbocycles. The van der Waals surface area contributed by atoms with E-state index in [1.807, 2.05) is 0 Å². The zero-order valence-electron chi connectivity index (χ0n) is 13.7. The summed E-state index contributed by atoms with van der Waals surface area (Å²) in [5, 5.41) is 13.6. The van der Waals surface area contributed by atoms with E-state index in [9.17, 15) is 14.9 Å². The van der Waals surface area contributed by atoms with Crippen molar-refractivity contribution < 1.29 is 23.9 Å². The Morgan fingerprint density at radius 2 is 1.76 bits per heavy atom. The average Bonchev–Trinajstić information content (AvgIpc) is 2.61. The number of carbonyl (C=O) groups is 1. The van der Waals surface area contributed by atoms with E-state index in [2.05, 4.69) is 21.2 Å². The Morgan fingerprint density at radius 1 is 1.12 bits per heavy atom. The molecule has 0 aliphatic rings. The molecule has 9 heteroatoms. The van der Waals surface area contributed by atoms with E-state index in [0.717, 1.165) is 0 Å². The molecular formula is C16H15BrN2O6. The van der Waals surface area contributed by atoms with Crippen LogP contribution in [0.2, 0.25) is 0 Å². The number of para-hydroxylation sites is 2. The van der Waals surface area contributed by atoms with Crippen LogP contribution in [0.4, 0.5) is 11.4 Å². The molecule has 2 aromatic rings. The van der Waals surface area contributed by atoms with Gasteiger partial charge in [-0.15, -0.1) is 0 Å². The van der Waals surface area contributed by atoms with Crippen molar-refractivity contribution in [1.82, 2.24) is 0 Å². The van der Waals surface area contributed by atoms with Gasteiger partial charge >= 0.3 is 0 Å². The highest BCUT2D eigenvalue weighted by Crippen LogP contribution is 2.45. The van der Waals surface area contributed by atoms with Crippen LogP contribution < -0.4 is 19.5 Å². The lowest BCUT2D eigenvalue weighted by atomic mass is 10.1. The first kappa shape index (κ1) is 18.5. The maximum Gasteiger partial charge on any atom is 0.292 e. The number of nitrogens with zero attached hydrogens (tertiary/aromatic N) is 1. The molecule has 0 aromatic heterocycles. The van der Waals surface area contributed by atoms with E-state index in [1.165, 1.54) is 45.6 Å². The quantitative estimate of drug-likeness (QED) is 0.576. The van der Waals surface area contributed by atoms with E-state index in [4.69, 9.17) is 14.2 Å². The van der Waals surface area contributed by atoms with E-state index in [0.29, 0.717) is 10.2 Å². The number of hydrogen-bond acceptors (Lipinski definition) is 6. The third-order valence-electron chi connectivity index (χ3n) is 3.36. The number of nitro groups is 1. The van der Waals surface area contributed by atoms with E-state index in [-0.39, 0.29) is 28.4 Å². The van der Waals surface area contributed by atoms with Crippen molar-refractivity contribution in [2.45, 2.75) is 0 Å². The van der Waals surface area contributed by atoms with Crippen LogP contribution in [0.25, 0.3) is 0 Å². The molecule has 2 aromatic carbocycles. The molecule has 132 valence electrons. The number of halogens is 1. The summed E-state index contributed by atoms with van der Waals surface area (Å²) in [6.07, 6.45) is 0. The molecule has 0 bridgehead atoms. The molecule has 0 radical (unpaired) electrons. The molecule has 0 unspecified atom stereocenters. The Hall–Kier alpha value is -2.81. The summed E-state index contributed by atoms with van der Waals surface area (Å²) < 4.78 is 16.1. The van der Waals surface area contributed by atoms with Crippen LogP contribution in [0, 0.1) is 10.1 Å². The molecule has 0 aliphatic heterocycles. The number of rotatable bonds is 6. The van der Waals surface area contributed by atoms with E-state index >= 15 is 0 Å². The van der Waals surface area contributed by atoms with Crippen LogP contribution in [-0.2, 0) is 0 Å². The van der Waals surface area contributed by atoms with Crippen molar-refractivity contribution in [2.75, 3.05) is 26.6 Å². The predicted octanol–water partition coefficient (Wildman–Crippen LogP) is 3.64. The number of nitrogens with one attached hydrogen (secondary N) is 1. The summed E-state index contributed by atoms with van der Waals surface area (Å²) in [6, 6.07) is 7.31. The fraction of sp³-hybridized carbons (Fsp3) is 0.188. The van der Waals surface area contributed by atoms with Crippen molar-refractivity contribution in [3.05, 3.63) is 50.5 Å². The second kappa shape index (κ2) is 7.84. The van der Waals surface area contributed by atoms with Gasteiger partial charge in [0.1, 0.15) is 5.69 Å². The zero-order valence-corrected chi connectivity index (χ0v) is 15.2. The molecule has 0 heterocycles. The Balaban J connectivity index is 2.49. The van der Waals surface area contributed by atoms with Gasteiger partial charge in [-0.1, -0.05) is 12.1 Å². The second-order valence-corrected chi connectivity index (χ2v) is 5.53. The molecule has 0 spiro atoms. The highest BCUT2D eigenvalue weighted by molar-refractivity contribution is 9.10. The summed E-state index contributed by atoms with van der Waals surface area (Å²) in [6.45, 7) is 0. The molecule has 0 fully saturated rings. The largest absolute Gasteiger partial charge is 0.493 e. The molecule has 1 amide bonds. The van der Waals surface area contributed by atoms with Gasteiger partial charge in [0.05, 0.1) is 36.3 Å². The van der Waals surface area contributed by atoms with Crippen molar-refractivity contribution >= 4 is 33.2 Å². The van der Waals surface area contributed by atoms with Crippen LogP contribution >= 0.6 is 15.9 Å². The SMILES string of the molecule is COc1cc(C(=O)Nc2ccccc2[N+](=O)[O-])c(Br)c(OC)c1OC. The fourth-order valence-corrected chi connectivity index (χ4v) is 2.85. The van der Waals surface area contributed by atoms with Gasteiger partial charge in [0.25, 0.3) is 11.6 Å². The second-order valence-electron chi connectivity index (χ2n) is 4.74. The topological polar surface area (TPSA) is 99.9 Å². The lowest BCUT2D eigenvalue weighted by Crippen LogP contribution is -2.14. The summed E-state index contributed by atoms with van der Waals surface area (Å²) >= 11 is 3.30. The van der Waals surface area contributed by atoms with Gasteiger partial charge in [-0.25, -0.2) is 0 Å². The van der Waals surface area contributed by atoms with Gasteiger partial charge in [0.2, 0.25) is 5.75 Å². The van der Waals surface area contributed by atoms with Crippen molar-refractivity contribution in [1.29, 1.82) is 0 Å². The molecule has 2 rings (SSSR count). The van der Waals surface area contributed by atoms with Gasteiger partial charge in [-0.2, -0.15) is 0 Å². The predicted molar refractivity (Wildman–Crippen MR) is 94.8 cm³/mol. The monoisotopic (exact) mass is 410 g/mol. The van der Waals surface area contributed by atoms with Gasteiger partial charge in [-0.05, 0) is 28.1 Å². The highest BCUT2D eigenvalue weighted by Gasteiger charge is 2.24. The first-order valence-corrected chi connectivity index (χ1v) is 7.77. The lowest BCUT2D eigenvalue weighted by molar-refractivity contribution is -0.383. The average molecular weight is 411 g/mol. The number of carbonyl (C=O) groups excluding carboxylic acids is 1. The number of nitro benzene ring substituents is 1. The number of amides is 1. The minimum atomic E-state index is -0.570. The smallest absolute Gasteiger partial charge is 0.292 e. The summed E-state index contributed by atoms with van der Waals surface area (Å²) in [7, 11) is 4.29. The lowest BCUT2D eigenvalue weighted by Gasteiger charge is -2.16. The first-order valence-electron chi connectivity index (χ1n) is 6.97. The standard InChI is InChI=1S/C16H15BrN2O6/c1-23-12-8-9(13(17)15(25-3)14(12)24-2)16(20)18-10-6-4-5-7-11(10)19(21)22/h4-8H,1-3H3,(H,18,20). The molecule has 0 saturated carbocycles. The first-order chi connectivity index (χ1) is 11.9. The van der Waals surface area contributed by atoms with E-state index in [1.54, 1.807) is 6.07 Å². The van der Waals surface area contributed by atoms with Gasteiger partial charge < -0.3 is 19.5 Å². The number of anilines is 1. The molecule has 1 N–H and O–H groups in total. The molecule has 8 nitrogen and oxygen atoms in total. The summed E-state index contributed by atoms with van der Waals surface area (Å²) in [4.78, 5) is 23.1. The van der Waals surface area contributed by atoms with Crippen molar-refractivity contribution in [3.63, 3.8) is 0 Å². The van der Waals surface area contributed by atoms with Gasteiger partial charge in [-0.3, -0.25) is 14.9 Å². The number of hydrogen-bond donors (Lipinski definition) is 1. The minimum absolute atomic E-state index is 0.0816. The maximum absolute atomic E-state index is 12.6. The number of benzene rings is 2. The Morgan fingerprint density at radius 3 is 2.32 bits per heavy atom. The van der Waals surface area contributed by atoms with Crippen molar-refractivity contribution in [3.8, 4) is 17.2 Å². The Kier molecular flexibility index (Phi) is 5.81. The van der Waals surface area contributed by atoms with Crippen molar-refractivity contribution in [2.24, 2.45) is 0 Å². The highest BCUT2D eigenvalue weighted by atomic mass is 79.9. The van der Waals surface area contributed by atoms with E-state index < -0.39 is 10.8 Å². The van der Waals surface area contributed by atoms with Crippen LogP contribution in [0.3, 0.4) is 0 Å². The minimum Gasteiger partial charge on any atom is -0.493 e. The molecule has 0 saturated heterocycles. The summed E-state index contributed by atoms with van der Waals surface area (Å²) in [5.74, 6) is 0.310.